The number of thiocarbonyl (C=S) groups is 1. The Bertz CT molecular complexity index is 1910. The first kappa shape index (κ1) is 40.6. The van der Waals surface area contributed by atoms with E-state index in [1.54, 1.807) is 30.3 Å². The Kier molecular flexibility index (Phi) is 14.4. The van der Waals surface area contributed by atoms with Crippen LogP contribution in [0.5, 0.6) is 0 Å². The van der Waals surface area contributed by atoms with E-state index in [0.29, 0.717) is 5.56 Å². The number of aliphatic carboxylic acids is 2. The Morgan fingerprint density at radius 2 is 1.78 bits per heavy atom. The quantitative estimate of drug-likeness (QED) is 0.0887. The van der Waals surface area contributed by atoms with E-state index in [9.17, 15) is 43.8 Å². The second-order valence-corrected chi connectivity index (χ2v) is 13.0. The number of nitrogens with zero attached hydrogens (tertiary/aromatic N) is 3. The number of β-lactam (4-membered cyclic amide) rings is 1. The number of anilines is 1. The van der Waals surface area contributed by atoms with Gasteiger partial charge in [0.05, 0.1) is 17.2 Å². The molecule has 1 saturated heterocycles. The summed E-state index contributed by atoms with van der Waals surface area (Å²) in [6.07, 6.45) is -0.894. The molecule has 0 bridgehead atoms. The van der Waals surface area contributed by atoms with Crippen LogP contribution in [0.15, 0.2) is 57.6 Å². The largest absolute Gasteiger partial charge is 1.00 e. The summed E-state index contributed by atoms with van der Waals surface area (Å²) in [6, 6.07) is 7.93. The summed E-state index contributed by atoms with van der Waals surface area (Å²) in [6.45, 7) is 0. The third kappa shape index (κ3) is 8.55. The standard InChI is InChI=1S/C28H22N6O9S4.2Na/c35-16-8-9-45-10-14(16)21(39)30-19(13-4-2-1-3-5-13)22(40)31-28(12-44)25(43)34-20(24(41)42)15(11-46-26(28)34)23-32-33-27(47-23)29-17(36)6-7-18(37)38;;/h1-5,8-10,12,19,26H,6-7,11H2,(H,30,39)(H,31,40)(H,37,38)(H,41,42)(H,29,33,36);;/q;2*+1/p-2/t19?,26-,28?;;/m0../s1. The van der Waals surface area contributed by atoms with Crippen LogP contribution in [0.4, 0.5) is 5.13 Å². The minimum atomic E-state index is -1.86. The molecule has 0 aliphatic carbocycles. The molecule has 4 heterocycles. The van der Waals surface area contributed by atoms with Gasteiger partial charge in [0.2, 0.25) is 16.9 Å². The Morgan fingerprint density at radius 1 is 1.06 bits per heavy atom. The van der Waals surface area contributed by atoms with Crippen molar-refractivity contribution in [1.29, 1.82) is 0 Å². The zero-order chi connectivity index (χ0) is 33.9. The number of fused-ring (bicyclic) bond motifs is 1. The summed E-state index contributed by atoms with van der Waals surface area (Å²) in [5, 5.41) is 41.1. The number of hydrogen-bond acceptors (Lipinski definition) is 15. The second-order valence-electron chi connectivity index (χ2n) is 9.91. The number of amides is 4. The third-order valence-corrected chi connectivity index (χ3v) is 10.3. The molecule has 4 amide bonds. The number of aromatic nitrogens is 2. The van der Waals surface area contributed by atoms with Crippen LogP contribution in [0, 0.1) is 0 Å². The van der Waals surface area contributed by atoms with Crippen LogP contribution in [-0.2, 0) is 24.0 Å². The van der Waals surface area contributed by atoms with Gasteiger partial charge in [-0.15, -0.1) is 22.0 Å². The number of rotatable bonds is 12. The van der Waals surface area contributed by atoms with Crippen molar-refractivity contribution >= 4 is 98.3 Å². The van der Waals surface area contributed by atoms with Gasteiger partial charge in [0.15, 0.2) is 11.0 Å². The van der Waals surface area contributed by atoms with E-state index >= 15 is 0 Å². The van der Waals surface area contributed by atoms with Crippen molar-refractivity contribution in [2.45, 2.75) is 29.8 Å². The van der Waals surface area contributed by atoms with Gasteiger partial charge in [0.25, 0.3) is 11.8 Å². The summed E-state index contributed by atoms with van der Waals surface area (Å²) in [4.78, 5) is 88.7. The number of carboxylic acid groups (broad SMARTS) is 2. The fourth-order valence-electron chi connectivity index (χ4n) is 4.73. The van der Waals surface area contributed by atoms with Crippen LogP contribution in [0.3, 0.4) is 0 Å². The van der Waals surface area contributed by atoms with Crippen molar-refractivity contribution < 1.29 is 98.1 Å². The van der Waals surface area contributed by atoms with Gasteiger partial charge in [0.1, 0.15) is 16.4 Å². The predicted molar refractivity (Wildman–Crippen MR) is 170 cm³/mol. The smallest absolute Gasteiger partial charge is 0.550 e. The Hall–Kier alpha value is -2.85. The molecule has 3 N–H and O–H groups in total. The van der Waals surface area contributed by atoms with Crippen molar-refractivity contribution in [2.24, 2.45) is 0 Å². The van der Waals surface area contributed by atoms with Gasteiger partial charge in [-0.3, -0.25) is 28.9 Å². The van der Waals surface area contributed by atoms with E-state index in [2.05, 4.69) is 26.1 Å². The Morgan fingerprint density at radius 3 is 2.41 bits per heavy atom. The summed E-state index contributed by atoms with van der Waals surface area (Å²) in [5.41, 5.74) is -2.74. The first-order chi connectivity index (χ1) is 22.5. The van der Waals surface area contributed by atoms with E-state index in [1.807, 2.05) is 0 Å². The van der Waals surface area contributed by atoms with E-state index < -0.39 is 70.1 Å². The molecule has 21 heteroatoms. The van der Waals surface area contributed by atoms with Gasteiger partial charge in [-0.25, -0.2) is 0 Å². The first-order valence-corrected chi connectivity index (χ1v) is 16.7. The van der Waals surface area contributed by atoms with Crippen LogP contribution in [0.25, 0.3) is 5.57 Å². The zero-order valence-corrected chi connectivity index (χ0v) is 32.9. The molecular weight excluding hydrogens is 739 g/mol. The summed E-state index contributed by atoms with van der Waals surface area (Å²) in [5.74, 6) is -6.41. The second kappa shape index (κ2) is 17.4. The average Bonchev–Trinajstić information content (AvgIpc) is 3.52. The van der Waals surface area contributed by atoms with E-state index in [4.69, 9.17) is 12.2 Å². The van der Waals surface area contributed by atoms with Crippen LogP contribution in [0.1, 0.15) is 39.8 Å². The van der Waals surface area contributed by atoms with E-state index in [1.165, 1.54) is 16.8 Å². The number of thioether (sulfide) groups is 1. The maximum absolute atomic E-state index is 13.8. The molecule has 15 nitrogen and oxygen atoms in total. The zero-order valence-electron chi connectivity index (χ0n) is 25.6. The molecule has 3 aromatic rings. The topological polar surface area (TPSA) is 231 Å². The number of carbonyl (C=O) groups excluding carboxylic acids is 6. The third-order valence-electron chi connectivity index (χ3n) is 6.97. The van der Waals surface area contributed by atoms with Gasteiger partial charge >= 0.3 is 59.1 Å². The van der Waals surface area contributed by atoms with Crippen LogP contribution >= 0.6 is 46.7 Å². The number of benzene rings is 1. The molecule has 0 spiro atoms. The molecule has 2 unspecified atom stereocenters. The Balaban J connectivity index is 0.00000325. The molecule has 3 atom stereocenters. The maximum Gasteiger partial charge on any atom is 1.00 e. The summed E-state index contributed by atoms with van der Waals surface area (Å²) >= 11 is 8.16. The van der Waals surface area contributed by atoms with Gasteiger partial charge in [0, 0.05) is 34.5 Å². The molecule has 0 saturated carbocycles. The van der Waals surface area contributed by atoms with E-state index in [-0.39, 0.29) is 92.6 Å². The minimum absolute atomic E-state index is 0. The van der Waals surface area contributed by atoms with E-state index in [0.717, 1.165) is 44.7 Å². The van der Waals surface area contributed by atoms with Gasteiger partial charge in [-0.2, -0.15) is 11.3 Å². The number of hydrogen-bond donors (Lipinski definition) is 3. The number of nitrogens with one attached hydrogen (secondary N) is 3. The Labute approximate surface area is 338 Å². The molecule has 1 aromatic carbocycles. The normalized spacial score (nSPS) is 18.3. The fourth-order valence-corrected chi connectivity index (χ4v) is 8.08. The molecule has 2 aliphatic heterocycles. The monoisotopic (exact) mass is 758 g/mol. The van der Waals surface area contributed by atoms with Crippen molar-refractivity contribution in [3.05, 3.63) is 79.2 Å². The minimum Gasteiger partial charge on any atom is -0.550 e. The molecule has 2 aliphatic rings. The maximum atomic E-state index is 13.8. The van der Waals surface area contributed by atoms with Gasteiger partial charge < -0.3 is 35.8 Å². The molecule has 0 radical (unpaired) electrons. The first-order valence-electron chi connectivity index (χ1n) is 13.4. The van der Waals surface area contributed by atoms with Crippen LogP contribution in [-0.4, -0.2) is 72.7 Å². The molecule has 1 fully saturated rings. The van der Waals surface area contributed by atoms with Crippen molar-refractivity contribution in [1.82, 2.24) is 25.7 Å². The molecule has 49 heavy (non-hydrogen) atoms. The predicted octanol–water partition coefficient (Wildman–Crippen LogP) is -7.16. The average molecular weight is 759 g/mol. The molecule has 242 valence electrons. The van der Waals surface area contributed by atoms with Crippen molar-refractivity contribution in [3.8, 4) is 0 Å². The van der Waals surface area contributed by atoms with Gasteiger partial charge in [-0.05, 0) is 23.4 Å². The molecular formula is C28H20N6Na2O9S4. The molecule has 5 rings (SSSR count). The summed E-state index contributed by atoms with van der Waals surface area (Å²) in [7, 11) is 0. The van der Waals surface area contributed by atoms with Gasteiger partial charge in [-0.1, -0.05) is 53.9 Å². The number of carbonyl (C=O) groups is 6. The van der Waals surface area contributed by atoms with Crippen molar-refractivity contribution in [2.75, 3.05) is 11.1 Å². The van der Waals surface area contributed by atoms with Crippen LogP contribution in [0.2, 0.25) is 0 Å². The number of carboxylic acids is 2. The van der Waals surface area contributed by atoms with Crippen molar-refractivity contribution in [3.63, 3.8) is 0 Å². The fraction of sp³-hybridized carbons (Fsp3) is 0.214. The van der Waals surface area contributed by atoms with Crippen LogP contribution < -0.4 is 90.7 Å². The SMILES string of the molecule is O=C([O-])CCC(=O)Nc1nnc(C2=C(C(=O)[O-])N3C(=O)C(C=S)(NC(=O)C(NC(=O)c4csccc4=O)c4ccccc4)[C@@H]3SC2)s1.[Na+].[Na+]. The summed E-state index contributed by atoms with van der Waals surface area (Å²) < 4.78 is 0. The molecule has 2 aromatic heterocycles.